The molecule has 0 fully saturated rings. The van der Waals surface area contributed by atoms with Crippen molar-refractivity contribution in [2.24, 2.45) is 5.73 Å². The number of aromatic nitrogens is 1. The zero-order valence-corrected chi connectivity index (χ0v) is 12.5. The van der Waals surface area contributed by atoms with Gasteiger partial charge in [-0.1, -0.05) is 18.2 Å². The Labute approximate surface area is 125 Å². The number of hydrogen-bond donors (Lipinski definition) is 1. The number of benzene rings is 1. The van der Waals surface area contributed by atoms with E-state index in [9.17, 15) is 4.39 Å². The molecule has 0 saturated carbocycles. The van der Waals surface area contributed by atoms with Crippen molar-refractivity contribution in [3.63, 3.8) is 0 Å². The summed E-state index contributed by atoms with van der Waals surface area (Å²) in [7, 11) is 2.02. The lowest BCUT2D eigenvalue weighted by atomic mass is 9.99. The first-order valence-electron chi connectivity index (χ1n) is 7.19. The van der Waals surface area contributed by atoms with Crippen molar-refractivity contribution >= 4 is 0 Å². The molecule has 0 radical (unpaired) electrons. The molecule has 2 atom stereocenters. The highest BCUT2D eigenvalue weighted by molar-refractivity contribution is 5.21. The summed E-state index contributed by atoms with van der Waals surface area (Å²) in [5, 5.41) is 0. The van der Waals surface area contributed by atoms with E-state index in [4.69, 9.17) is 5.73 Å². The molecule has 4 heteroatoms. The minimum Gasteiger partial charge on any atom is -0.326 e. The van der Waals surface area contributed by atoms with Crippen molar-refractivity contribution in [3.8, 4) is 0 Å². The summed E-state index contributed by atoms with van der Waals surface area (Å²) in [6, 6.07) is 12.5. The van der Waals surface area contributed by atoms with E-state index in [2.05, 4.69) is 9.88 Å². The van der Waals surface area contributed by atoms with Crippen LogP contribution in [0.1, 0.15) is 24.2 Å². The molecule has 1 heterocycles. The topological polar surface area (TPSA) is 42.1 Å². The number of nitrogens with zero attached hydrogens (tertiary/aromatic N) is 2. The molecular formula is C17H22FN3. The summed E-state index contributed by atoms with van der Waals surface area (Å²) in [5.74, 6) is -0.226. The smallest absolute Gasteiger partial charge is 0.123 e. The Balaban J connectivity index is 2.07. The fourth-order valence-corrected chi connectivity index (χ4v) is 2.63. The SMILES string of the molecule is CC(N)C(c1cccc(F)c1)N(C)CCc1ccccn1. The van der Waals surface area contributed by atoms with E-state index in [-0.39, 0.29) is 17.9 Å². The van der Waals surface area contributed by atoms with E-state index >= 15 is 0 Å². The summed E-state index contributed by atoms with van der Waals surface area (Å²) in [4.78, 5) is 6.48. The van der Waals surface area contributed by atoms with E-state index in [1.54, 1.807) is 18.3 Å². The standard InChI is InChI=1S/C17H22FN3/c1-13(19)17(14-6-5-7-15(18)12-14)21(2)11-9-16-8-3-4-10-20-16/h3-8,10,12-13,17H,9,11,19H2,1-2H3. The first kappa shape index (κ1) is 15.6. The number of hydrogen-bond acceptors (Lipinski definition) is 3. The Kier molecular flexibility index (Phi) is 5.42. The lowest BCUT2D eigenvalue weighted by molar-refractivity contribution is 0.220. The quantitative estimate of drug-likeness (QED) is 0.888. The van der Waals surface area contributed by atoms with Gasteiger partial charge in [0.25, 0.3) is 0 Å². The van der Waals surface area contributed by atoms with Gasteiger partial charge < -0.3 is 5.73 Å². The second kappa shape index (κ2) is 7.29. The van der Waals surface area contributed by atoms with Crippen LogP contribution in [0.5, 0.6) is 0 Å². The third-order valence-corrected chi connectivity index (χ3v) is 3.61. The zero-order chi connectivity index (χ0) is 15.2. The summed E-state index contributed by atoms with van der Waals surface area (Å²) in [6.45, 7) is 2.77. The van der Waals surface area contributed by atoms with Gasteiger partial charge in [-0.3, -0.25) is 9.88 Å². The van der Waals surface area contributed by atoms with Gasteiger partial charge in [-0.05, 0) is 43.8 Å². The zero-order valence-electron chi connectivity index (χ0n) is 12.5. The number of rotatable bonds is 6. The van der Waals surface area contributed by atoms with Crippen molar-refractivity contribution in [1.29, 1.82) is 0 Å². The predicted octanol–water partition coefficient (Wildman–Crippen LogP) is 2.78. The van der Waals surface area contributed by atoms with E-state index < -0.39 is 0 Å². The average Bonchev–Trinajstić information content (AvgIpc) is 2.46. The monoisotopic (exact) mass is 287 g/mol. The molecule has 0 aliphatic carbocycles. The second-order valence-electron chi connectivity index (χ2n) is 5.41. The summed E-state index contributed by atoms with van der Waals surface area (Å²) in [6.07, 6.45) is 2.64. The van der Waals surface area contributed by atoms with Gasteiger partial charge in [-0.2, -0.15) is 0 Å². The average molecular weight is 287 g/mol. The van der Waals surface area contributed by atoms with Crippen LogP contribution in [0.2, 0.25) is 0 Å². The van der Waals surface area contributed by atoms with Gasteiger partial charge in [0.2, 0.25) is 0 Å². The maximum absolute atomic E-state index is 13.4. The predicted molar refractivity (Wildman–Crippen MR) is 83.4 cm³/mol. The third-order valence-electron chi connectivity index (χ3n) is 3.61. The highest BCUT2D eigenvalue weighted by Crippen LogP contribution is 2.23. The lowest BCUT2D eigenvalue weighted by Crippen LogP contribution is -2.38. The Bertz CT molecular complexity index is 557. The number of halogens is 1. The van der Waals surface area contributed by atoms with Crippen LogP contribution >= 0.6 is 0 Å². The number of likely N-dealkylation sites (N-methyl/N-ethyl adjacent to an activating group) is 1. The van der Waals surface area contributed by atoms with Crippen LogP contribution in [0, 0.1) is 5.82 Å². The van der Waals surface area contributed by atoms with Crippen molar-refractivity contribution < 1.29 is 4.39 Å². The summed E-state index contributed by atoms with van der Waals surface area (Å²) < 4.78 is 13.4. The van der Waals surface area contributed by atoms with Crippen LogP contribution in [-0.2, 0) is 6.42 Å². The second-order valence-corrected chi connectivity index (χ2v) is 5.41. The largest absolute Gasteiger partial charge is 0.326 e. The summed E-state index contributed by atoms with van der Waals surface area (Å²) in [5.41, 5.74) is 8.07. The first-order valence-corrected chi connectivity index (χ1v) is 7.19. The van der Waals surface area contributed by atoms with E-state index in [0.29, 0.717) is 0 Å². The van der Waals surface area contributed by atoms with Gasteiger partial charge in [0.05, 0.1) is 0 Å². The molecule has 0 aliphatic heterocycles. The van der Waals surface area contributed by atoms with Gasteiger partial charge in [0.15, 0.2) is 0 Å². The van der Waals surface area contributed by atoms with E-state index in [1.165, 1.54) is 6.07 Å². The van der Waals surface area contributed by atoms with Crippen molar-refractivity contribution in [2.75, 3.05) is 13.6 Å². The highest BCUT2D eigenvalue weighted by atomic mass is 19.1. The third kappa shape index (κ3) is 4.34. The fraction of sp³-hybridized carbons (Fsp3) is 0.353. The van der Waals surface area contributed by atoms with Crippen molar-refractivity contribution in [2.45, 2.75) is 25.4 Å². The molecule has 2 rings (SSSR count). The molecule has 2 unspecified atom stereocenters. The van der Waals surface area contributed by atoms with Gasteiger partial charge in [-0.25, -0.2) is 4.39 Å². The van der Waals surface area contributed by atoms with E-state index in [1.807, 2.05) is 38.2 Å². The maximum atomic E-state index is 13.4. The van der Waals surface area contributed by atoms with Crippen LogP contribution in [0.4, 0.5) is 4.39 Å². The van der Waals surface area contributed by atoms with Crippen LogP contribution < -0.4 is 5.73 Å². The number of nitrogens with two attached hydrogens (primary N) is 1. The summed E-state index contributed by atoms with van der Waals surface area (Å²) >= 11 is 0. The first-order chi connectivity index (χ1) is 10.1. The minimum atomic E-state index is -0.226. The molecule has 0 saturated heterocycles. The molecule has 0 bridgehead atoms. The molecule has 112 valence electrons. The van der Waals surface area contributed by atoms with Crippen LogP contribution in [0.15, 0.2) is 48.7 Å². The van der Waals surface area contributed by atoms with Crippen LogP contribution in [0.3, 0.4) is 0 Å². The molecule has 3 nitrogen and oxygen atoms in total. The fourth-order valence-electron chi connectivity index (χ4n) is 2.63. The molecule has 2 N–H and O–H groups in total. The molecule has 2 aromatic rings. The molecule has 1 aromatic heterocycles. The van der Waals surface area contributed by atoms with Gasteiger partial charge in [0.1, 0.15) is 5.82 Å². The number of pyridine rings is 1. The maximum Gasteiger partial charge on any atom is 0.123 e. The Morgan fingerprint density at radius 2 is 2.05 bits per heavy atom. The molecule has 1 aromatic carbocycles. The Morgan fingerprint density at radius 3 is 2.67 bits per heavy atom. The molecule has 21 heavy (non-hydrogen) atoms. The highest BCUT2D eigenvalue weighted by Gasteiger charge is 2.21. The molecule has 0 aliphatic rings. The van der Waals surface area contributed by atoms with Gasteiger partial charge >= 0.3 is 0 Å². The van der Waals surface area contributed by atoms with Gasteiger partial charge in [-0.15, -0.1) is 0 Å². The molecule has 0 spiro atoms. The lowest BCUT2D eigenvalue weighted by Gasteiger charge is -2.31. The molecular weight excluding hydrogens is 265 g/mol. The molecule has 0 amide bonds. The van der Waals surface area contributed by atoms with Gasteiger partial charge in [0, 0.05) is 36.9 Å². The Morgan fingerprint density at radius 1 is 1.24 bits per heavy atom. The van der Waals surface area contributed by atoms with Crippen LogP contribution in [-0.4, -0.2) is 29.5 Å². The van der Waals surface area contributed by atoms with E-state index in [0.717, 1.165) is 24.2 Å². The Hall–Kier alpha value is -1.78. The van der Waals surface area contributed by atoms with Crippen LogP contribution in [0.25, 0.3) is 0 Å². The minimum absolute atomic E-state index is 0.00980. The van der Waals surface area contributed by atoms with Crippen molar-refractivity contribution in [3.05, 3.63) is 65.7 Å². The normalized spacial score (nSPS) is 14.1. The van der Waals surface area contributed by atoms with Crippen molar-refractivity contribution in [1.82, 2.24) is 9.88 Å².